The molecule has 3 aromatic rings. The Morgan fingerprint density at radius 2 is 1.86 bits per heavy atom. The van der Waals surface area contributed by atoms with Crippen LogP contribution in [0.15, 0.2) is 59.5 Å². The third-order valence-electron chi connectivity index (χ3n) is 5.62. The maximum absolute atomic E-state index is 13.0. The first-order valence-corrected chi connectivity index (χ1v) is 11.4. The molecule has 10 heteroatoms. The SMILES string of the molecule is COC(=O)c1cccc(-n2c(C)cc(/C=C3/SC(=O)N(Cc4cccc([N+](=O)[O-])c4)C3=O)c2C)c1. The Balaban J connectivity index is 1.62. The molecule has 0 bridgehead atoms. The number of carbonyl (C=O) groups is 3. The maximum atomic E-state index is 13.0. The minimum Gasteiger partial charge on any atom is -0.465 e. The van der Waals surface area contributed by atoms with E-state index in [0.29, 0.717) is 11.1 Å². The van der Waals surface area contributed by atoms with Crippen LogP contribution >= 0.6 is 11.8 Å². The third-order valence-corrected chi connectivity index (χ3v) is 6.53. The molecule has 178 valence electrons. The van der Waals surface area contributed by atoms with Crippen LogP contribution in [0, 0.1) is 24.0 Å². The van der Waals surface area contributed by atoms with E-state index in [2.05, 4.69) is 0 Å². The van der Waals surface area contributed by atoms with Crippen molar-refractivity contribution in [2.24, 2.45) is 0 Å². The van der Waals surface area contributed by atoms with Gasteiger partial charge in [0.15, 0.2) is 0 Å². The van der Waals surface area contributed by atoms with E-state index in [1.807, 2.05) is 30.5 Å². The predicted octanol–water partition coefficient (Wildman–Crippen LogP) is 5.03. The maximum Gasteiger partial charge on any atom is 0.337 e. The molecule has 2 aromatic carbocycles. The first-order chi connectivity index (χ1) is 16.7. The van der Waals surface area contributed by atoms with E-state index in [0.717, 1.165) is 39.3 Å². The van der Waals surface area contributed by atoms with Gasteiger partial charge >= 0.3 is 5.97 Å². The lowest BCUT2D eigenvalue weighted by atomic mass is 10.2. The lowest BCUT2D eigenvalue weighted by molar-refractivity contribution is -0.384. The molecule has 1 saturated heterocycles. The van der Waals surface area contributed by atoms with E-state index < -0.39 is 22.0 Å². The Hall–Kier alpha value is -4.18. The van der Waals surface area contributed by atoms with Gasteiger partial charge in [-0.2, -0.15) is 0 Å². The Morgan fingerprint density at radius 1 is 1.11 bits per heavy atom. The Kier molecular flexibility index (Phi) is 6.57. The van der Waals surface area contributed by atoms with Crippen molar-refractivity contribution in [3.63, 3.8) is 0 Å². The summed E-state index contributed by atoms with van der Waals surface area (Å²) in [5, 5.41) is 10.6. The summed E-state index contributed by atoms with van der Waals surface area (Å²) in [7, 11) is 1.32. The van der Waals surface area contributed by atoms with E-state index in [1.165, 1.54) is 25.3 Å². The van der Waals surface area contributed by atoms with Crippen LogP contribution in [-0.2, 0) is 16.1 Å². The lowest BCUT2D eigenvalue weighted by Gasteiger charge is -2.12. The van der Waals surface area contributed by atoms with Crippen LogP contribution < -0.4 is 0 Å². The minimum absolute atomic E-state index is 0.0526. The van der Waals surface area contributed by atoms with Crippen molar-refractivity contribution >= 4 is 40.6 Å². The lowest BCUT2D eigenvalue weighted by Crippen LogP contribution is -2.27. The summed E-state index contributed by atoms with van der Waals surface area (Å²) in [6.07, 6.45) is 1.67. The molecule has 2 amide bonds. The first-order valence-electron chi connectivity index (χ1n) is 10.6. The number of aromatic nitrogens is 1. The highest BCUT2D eigenvalue weighted by Crippen LogP contribution is 2.35. The number of non-ortho nitro benzene ring substituents is 1. The van der Waals surface area contributed by atoms with Crippen LogP contribution in [0.3, 0.4) is 0 Å². The molecule has 0 radical (unpaired) electrons. The zero-order valence-electron chi connectivity index (χ0n) is 19.2. The summed E-state index contributed by atoms with van der Waals surface area (Å²) in [4.78, 5) is 49.3. The van der Waals surface area contributed by atoms with E-state index in [1.54, 1.807) is 30.3 Å². The number of nitro benzene ring substituents is 1. The van der Waals surface area contributed by atoms with Gasteiger partial charge in [0.1, 0.15) is 0 Å². The second kappa shape index (κ2) is 9.59. The second-order valence-corrected chi connectivity index (χ2v) is 8.89. The largest absolute Gasteiger partial charge is 0.465 e. The monoisotopic (exact) mass is 491 g/mol. The molecule has 0 N–H and O–H groups in total. The number of hydrogen-bond donors (Lipinski definition) is 0. The van der Waals surface area contributed by atoms with Gasteiger partial charge in [-0.25, -0.2) is 4.79 Å². The van der Waals surface area contributed by atoms with Gasteiger partial charge in [-0.05, 0) is 67.1 Å². The standard InChI is InChI=1S/C25H21N3O6S/c1-15-10-19(16(2)27(15)20-8-5-7-18(12-20)24(30)34-3)13-22-23(29)26(25(31)35-22)14-17-6-4-9-21(11-17)28(32)33/h4-13H,14H2,1-3H3/b22-13+. The number of amides is 2. The quantitative estimate of drug-likeness (QED) is 0.206. The van der Waals surface area contributed by atoms with E-state index >= 15 is 0 Å². The summed E-state index contributed by atoms with van der Waals surface area (Å²) < 4.78 is 6.76. The Labute approximate surface area is 205 Å². The Morgan fingerprint density at radius 3 is 2.57 bits per heavy atom. The van der Waals surface area contributed by atoms with E-state index in [9.17, 15) is 24.5 Å². The third kappa shape index (κ3) is 4.73. The number of rotatable bonds is 6. The number of nitrogens with zero attached hydrogens (tertiary/aromatic N) is 3. The van der Waals surface area contributed by atoms with Gasteiger partial charge in [0, 0.05) is 29.2 Å². The van der Waals surface area contributed by atoms with Crippen molar-refractivity contribution in [1.29, 1.82) is 0 Å². The van der Waals surface area contributed by atoms with Crippen molar-refractivity contribution in [1.82, 2.24) is 9.47 Å². The van der Waals surface area contributed by atoms with Crippen LogP contribution in [-0.4, -0.2) is 38.6 Å². The molecule has 9 nitrogen and oxygen atoms in total. The van der Waals surface area contributed by atoms with Crippen LogP contribution in [0.5, 0.6) is 0 Å². The fraction of sp³-hybridized carbons (Fsp3) is 0.160. The van der Waals surface area contributed by atoms with Gasteiger partial charge in [0.25, 0.3) is 16.8 Å². The van der Waals surface area contributed by atoms with E-state index in [-0.39, 0.29) is 17.1 Å². The average Bonchev–Trinajstić information content (AvgIpc) is 3.27. The van der Waals surface area contributed by atoms with E-state index in [4.69, 9.17) is 4.74 Å². The fourth-order valence-electron chi connectivity index (χ4n) is 3.95. The summed E-state index contributed by atoms with van der Waals surface area (Å²) in [6.45, 7) is 3.74. The molecule has 4 rings (SSSR count). The summed E-state index contributed by atoms with van der Waals surface area (Å²) >= 11 is 0.830. The normalized spacial score (nSPS) is 14.6. The molecule has 2 heterocycles. The number of thioether (sulfide) groups is 1. The smallest absolute Gasteiger partial charge is 0.337 e. The Bertz CT molecular complexity index is 1410. The van der Waals surface area contributed by atoms with Gasteiger partial charge in [-0.15, -0.1) is 0 Å². The zero-order chi connectivity index (χ0) is 25.3. The highest BCUT2D eigenvalue weighted by molar-refractivity contribution is 8.18. The molecule has 1 aliphatic heterocycles. The van der Waals surface area contributed by atoms with Crippen molar-refractivity contribution < 1.29 is 24.0 Å². The number of methoxy groups -OCH3 is 1. The molecule has 1 aliphatic rings. The summed E-state index contributed by atoms with van der Waals surface area (Å²) in [5.41, 5.74) is 4.04. The number of hydrogen-bond acceptors (Lipinski definition) is 7. The molecule has 0 spiro atoms. The second-order valence-electron chi connectivity index (χ2n) is 7.90. The van der Waals surface area contributed by atoms with Crippen LogP contribution in [0.1, 0.15) is 32.9 Å². The molecular weight excluding hydrogens is 470 g/mol. The van der Waals surface area contributed by atoms with Crippen molar-refractivity contribution in [3.8, 4) is 5.69 Å². The molecule has 0 aliphatic carbocycles. The van der Waals surface area contributed by atoms with Gasteiger partial charge in [-0.3, -0.25) is 24.6 Å². The number of ether oxygens (including phenoxy) is 1. The highest BCUT2D eigenvalue weighted by Gasteiger charge is 2.35. The van der Waals surface area contributed by atoms with Crippen LogP contribution in [0.4, 0.5) is 10.5 Å². The molecule has 0 unspecified atom stereocenters. The van der Waals surface area contributed by atoms with Crippen molar-refractivity contribution in [2.45, 2.75) is 20.4 Å². The van der Waals surface area contributed by atoms with Gasteiger partial charge in [0.2, 0.25) is 0 Å². The molecule has 0 saturated carbocycles. The predicted molar refractivity (Wildman–Crippen MR) is 131 cm³/mol. The summed E-state index contributed by atoms with van der Waals surface area (Å²) in [6, 6.07) is 14.8. The molecule has 1 aromatic heterocycles. The van der Waals surface area contributed by atoms with Crippen LogP contribution in [0.25, 0.3) is 11.8 Å². The number of imide groups is 1. The number of carbonyl (C=O) groups excluding carboxylic acids is 3. The summed E-state index contributed by atoms with van der Waals surface area (Å²) in [5.74, 6) is -0.893. The molecule has 0 atom stereocenters. The topological polar surface area (TPSA) is 112 Å². The van der Waals surface area contributed by atoms with Crippen molar-refractivity contribution in [3.05, 3.63) is 97.7 Å². The average molecular weight is 492 g/mol. The molecule has 35 heavy (non-hydrogen) atoms. The fourth-order valence-corrected chi connectivity index (χ4v) is 4.78. The highest BCUT2D eigenvalue weighted by atomic mass is 32.2. The number of aryl methyl sites for hydroxylation is 1. The zero-order valence-corrected chi connectivity index (χ0v) is 20.0. The molecular formula is C25H21N3O6S. The minimum atomic E-state index is -0.520. The first kappa shape index (κ1) is 24.0. The van der Waals surface area contributed by atoms with Crippen LogP contribution in [0.2, 0.25) is 0 Å². The number of esters is 1. The van der Waals surface area contributed by atoms with Gasteiger partial charge in [0.05, 0.1) is 29.0 Å². The van der Waals surface area contributed by atoms with Gasteiger partial charge < -0.3 is 9.30 Å². The number of nitro groups is 1. The van der Waals surface area contributed by atoms with Crippen molar-refractivity contribution in [2.75, 3.05) is 7.11 Å². The number of benzene rings is 2. The van der Waals surface area contributed by atoms with Gasteiger partial charge in [-0.1, -0.05) is 18.2 Å². The molecule has 1 fully saturated rings.